The number of aliphatic hydroxyl groups is 2. The first-order valence-corrected chi connectivity index (χ1v) is 17.5. The Morgan fingerprint density at radius 3 is 1.91 bits per heavy atom. The Labute approximate surface area is 275 Å². The topological polar surface area (TPSA) is 93.1 Å². The van der Waals surface area contributed by atoms with Crippen LogP contribution in [0, 0.1) is 5.92 Å². The highest BCUT2D eigenvalue weighted by molar-refractivity contribution is 5.70. The van der Waals surface area contributed by atoms with E-state index < -0.39 is 24.8 Å². The van der Waals surface area contributed by atoms with Crippen LogP contribution >= 0.6 is 0 Å². The molecule has 0 aromatic carbocycles. The zero-order chi connectivity index (χ0) is 33.2. The molecule has 0 rings (SSSR count). The van der Waals surface area contributed by atoms with Gasteiger partial charge in [-0.25, -0.2) is 0 Å². The van der Waals surface area contributed by atoms with Gasteiger partial charge in [0.05, 0.1) is 12.7 Å². The van der Waals surface area contributed by atoms with E-state index in [4.69, 9.17) is 9.47 Å². The monoisotopic (exact) mass is 628 g/mol. The van der Waals surface area contributed by atoms with Gasteiger partial charge in [-0.3, -0.25) is 9.59 Å². The summed E-state index contributed by atoms with van der Waals surface area (Å²) in [7, 11) is 0. The van der Waals surface area contributed by atoms with Gasteiger partial charge in [-0.1, -0.05) is 145 Å². The van der Waals surface area contributed by atoms with E-state index >= 15 is 0 Å². The van der Waals surface area contributed by atoms with Crippen LogP contribution in [0.25, 0.3) is 0 Å². The Balaban J connectivity index is 3.88. The molecule has 0 amide bonds. The first kappa shape index (κ1) is 42.3. The molecule has 0 bridgehead atoms. The van der Waals surface area contributed by atoms with Crippen LogP contribution in [0.1, 0.15) is 130 Å². The van der Waals surface area contributed by atoms with E-state index in [2.05, 4.69) is 57.2 Å². The van der Waals surface area contributed by atoms with Gasteiger partial charge in [-0.05, 0) is 50.9 Å². The van der Waals surface area contributed by atoms with Crippen molar-refractivity contribution in [1.82, 2.24) is 0 Å². The third-order valence-corrected chi connectivity index (χ3v) is 7.04. The number of rotatable bonds is 29. The van der Waals surface area contributed by atoms with Crippen LogP contribution in [0.15, 0.2) is 72.9 Å². The number of carbonyl (C=O) groups is 2. The maximum absolute atomic E-state index is 12.1. The second-order valence-corrected chi connectivity index (χ2v) is 11.9. The molecule has 0 aliphatic rings. The van der Waals surface area contributed by atoms with Crippen LogP contribution in [0.4, 0.5) is 0 Å². The van der Waals surface area contributed by atoms with Gasteiger partial charge in [0.2, 0.25) is 0 Å². The highest BCUT2D eigenvalue weighted by Gasteiger charge is 2.15. The number of hydrogen-bond donors (Lipinski definition) is 2. The Hall–Kier alpha value is -2.70. The third kappa shape index (κ3) is 32.5. The van der Waals surface area contributed by atoms with Crippen LogP contribution in [-0.4, -0.2) is 47.6 Å². The predicted octanol–water partition coefficient (Wildman–Crippen LogP) is 9.44. The molecule has 1 unspecified atom stereocenters. The summed E-state index contributed by atoms with van der Waals surface area (Å²) in [4.78, 5) is 24.1. The first-order chi connectivity index (χ1) is 21.9. The molecule has 2 N–H and O–H groups in total. The zero-order valence-electron chi connectivity index (χ0n) is 28.6. The summed E-state index contributed by atoms with van der Waals surface area (Å²) in [5, 5.41) is 19.6. The van der Waals surface area contributed by atoms with E-state index in [-0.39, 0.29) is 19.0 Å². The van der Waals surface area contributed by atoms with Crippen molar-refractivity contribution in [3.63, 3.8) is 0 Å². The van der Waals surface area contributed by atoms with Crippen LogP contribution in [0.5, 0.6) is 0 Å². The van der Waals surface area contributed by atoms with E-state index in [9.17, 15) is 19.8 Å². The van der Waals surface area contributed by atoms with Gasteiger partial charge in [-0.15, -0.1) is 0 Å². The lowest BCUT2D eigenvalue weighted by atomic mass is 10.0. The lowest BCUT2D eigenvalue weighted by Gasteiger charge is -2.15. The van der Waals surface area contributed by atoms with Crippen LogP contribution in [-0.2, 0) is 19.1 Å². The second-order valence-electron chi connectivity index (χ2n) is 11.9. The smallest absolute Gasteiger partial charge is 0.306 e. The lowest BCUT2D eigenvalue weighted by molar-refractivity contribution is -0.161. The number of aliphatic hydroxyl groups excluding tert-OH is 2. The van der Waals surface area contributed by atoms with Crippen molar-refractivity contribution in [3.05, 3.63) is 72.9 Å². The van der Waals surface area contributed by atoms with Crippen LogP contribution in [0.3, 0.4) is 0 Å². The molecular formula is C39H64O6. The molecule has 0 aliphatic carbocycles. The average Bonchev–Trinajstić information content (AvgIpc) is 3.02. The van der Waals surface area contributed by atoms with Gasteiger partial charge in [0, 0.05) is 12.8 Å². The zero-order valence-corrected chi connectivity index (χ0v) is 28.6. The standard InChI is InChI=1S/C39H64O6/c1-4-5-6-7-8-9-10-11-12-13-17-20-24-29-36(41)30-25-22-27-32-39(43)45-37(33-40)34-44-38(42)31-26-21-18-15-14-16-19-23-28-35(2)3/h5-6,8-9,11-12,17,20,22,24-25,29,35-37,40-41H,4,7,10,13-16,18-19,21,23,26-28,30-34H2,1-3H3/b6-5-,9-8-,12-11-,20-17-,25-22-,29-24-/t36?,37-/m0/s1. The molecule has 0 heterocycles. The number of allylic oxidation sites excluding steroid dienone is 10. The van der Waals surface area contributed by atoms with Gasteiger partial charge >= 0.3 is 11.9 Å². The van der Waals surface area contributed by atoms with E-state index in [1.807, 2.05) is 30.4 Å². The average molecular weight is 629 g/mol. The molecule has 0 fully saturated rings. The summed E-state index contributed by atoms with van der Waals surface area (Å²) in [5.74, 6) is 0.00896. The Morgan fingerprint density at radius 1 is 0.689 bits per heavy atom. The molecular weight excluding hydrogens is 564 g/mol. The Morgan fingerprint density at radius 2 is 1.29 bits per heavy atom. The minimum absolute atomic E-state index is 0.134. The molecule has 0 saturated heterocycles. The predicted molar refractivity (Wildman–Crippen MR) is 188 cm³/mol. The molecule has 0 radical (unpaired) electrons. The quantitative estimate of drug-likeness (QED) is 0.0371. The first-order valence-electron chi connectivity index (χ1n) is 17.5. The fraction of sp³-hybridized carbons (Fsp3) is 0.641. The summed E-state index contributed by atoms with van der Waals surface area (Å²) in [6.07, 6.45) is 38.6. The Bertz CT molecular complexity index is 880. The van der Waals surface area contributed by atoms with E-state index in [0.29, 0.717) is 19.3 Å². The summed E-state index contributed by atoms with van der Waals surface area (Å²) in [6.45, 7) is 6.14. The third-order valence-electron chi connectivity index (χ3n) is 7.04. The number of ether oxygens (including phenoxy) is 2. The van der Waals surface area contributed by atoms with Crippen LogP contribution < -0.4 is 0 Å². The lowest BCUT2D eigenvalue weighted by Crippen LogP contribution is -2.28. The largest absolute Gasteiger partial charge is 0.462 e. The second kappa shape index (κ2) is 32.7. The van der Waals surface area contributed by atoms with Crippen molar-refractivity contribution in [2.75, 3.05) is 13.2 Å². The highest BCUT2D eigenvalue weighted by atomic mass is 16.6. The molecule has 256 valence electrons. The van der Waals surface area contributed by atoms with E-state index in [1.165, 1.54) is 38.5 Å². The molecule has 0 aliphatic heterocycles. The molecule has 0 aromatic rings. The van der Waals surface area contributed by atoms with Crippen molar-refractivity contribution < 1.29 is 29.3 Å². The number of unbranched alkanes of at least 4 members (excludes halogenated alkanes) is 7. The Kier molecular flexibility index (Phi) is 30.7. The van der Waals surface area contributed by atoms with E-state index in [0.717, 1.165) is 50.9 Å². The van der Waals surface area contributed by atoms with Crippen molar-refractivity contribution in [2.45, 2.75) is 142 Å². The molecule has 2 atom stereocenters. The molecule has 45 heavy (non-hydrogen) atoms. The molecule has 0 aromatic heterocycles. The molecule has 0 spiro atoms. The summed E-state index contributed by atoms with van der Waals surface area (Å²) in [6, 6.07) is 0. The van der Waals surface area contributed by atoms with Crippen LogP contribution in [0.2, 0.25) is 0 Å². The summed E-state index contributed by atoms with van der Waals surface area (Å²) in [5.41, 5.74) is 0. The molecule has 0 saturated carbocycles. The van der Waals surface area contributed by atoms with Gasteiger partial charge in [0.15, 0.2) is 6.10 Å². The van der Waals surface area contributed by atoms with Gasteiger partial charge < -0.3 is 19.7 Å². The number of carbonyl (C=O) groups excluding carboxylic acids is 2. The van der Waals surface area contributed by atoms with Gasteiger partial charge in [0.1, 0.15) is 6.61 Å². The summed E-state index contributed by atoms with van der Waals surface area (Å²) < 4.78 is 10.4. The normalized spacial score (nSPS) is 13.9. The SMILES string of the molecule is CC/C=C\C/C=C\C/C=C\C/C=C\C=C/C(O)C/C=C\CCC(=O)O[C@@H](CO)COC(=O)CCCCCCCCCCC(C)C. The van der Waals surface area contributed by atoms with Gasteiger partial charge in [-0.2, -0.15) is 0 Å². The summed E-state index contributed by atoms with van der Waals surface area (Å²) >= 11 is 0. The van der Waals surface area contributed by atoms with Crippen molar-refractivity contribution in [2.24, 2.45) is 5.92 Å². The fourth-order valence-electron chi connectivity index (χ4n) is 4.38. The molecule has 6 nitrogen and oxygen atoms in total. The maximum atomic E-state index is 12.1. The minimum Gasteiger partial charge on any atom is -0.462 e. The minimum atomic E-state index is -0.855. The maximum Gasteiger partial charge on any atom is 0.306 e. The molecule has 6 heteroatoms. The number of esters is 2. The number of hydrogen-bond acceptors (Lipinski definition) is 6. The van der Waals surface area contributed by atoms with Gasteiger partial charge in [0.25, 0.3) is 0 Å². The van der Waals surface area contributed by atoms with Crippen molar-refractivity contribution in [1.29, 1.82) is 0 Å². The highest BCUT2D eigenvalue weighted by Crippen LogP contribution is 2.13. The van der Waals surface area contributed by atoms with Crippen molar-refractivity contribution >= 4 is 11.9 Å². The van der Waals surface area contributed by atoms with E-state index in [1.54, 1.807) is 6.08 Å². The van der Waals surface area contributed by atoms with Crippen molar-refractivity contribution in [3.8, 4) is 0 Å². The fourth-order valence-corrected chi connectivity index (χ4v) is 4.38.